The molecule has 2 aromatic carbocycles. The van der Waals surface area contributed by atoms with E-state index in [9.17, 15) is 9.90 Å². The molecule has 1 aromatic heterocycles. The third kappa shape index (κ3) is 3.12. The number of aromatic carboxylic acids is 1. The molecule has 0 bridgehead atoms. The number of halogens is 2. The number of nitrogens with zero attached hydrogens (tertiary/aromatic N) is 1. The van der Waals surface area contributed by atoms with Crippen molar-refractivity contribution in [2.45, 2.75) is 26.2 Å². The number of carboxylic acid groups (broad SMARTS) is 1. The Labute approximate surface area is 149 Å². The smallest absolute Gasteiger partial charge is 0.336 e. The van der Waals surface area contributed by atoms with Crippen molar-refractivity contribution in [1.29, 1.82) is 0 Å². The Kier molecular flexibility index (Phi) is 4.06. The molecule has 3 aromatic rings. The molecule has 0 aliphatic rings. The van der Waals surface area contributed by atoms with Crippen molar-refractivity contribution in [2.24, 2.45) is 0 Å². The van der Waals surface area contributed by atoms with E-state index in [1.807, 2.05) is 20.8 Å². The Hall–Kier alpha value is -2.04. The number of aromatic nitrogens is 1. The summed E-state index contributed by atoms with van der Waals surface area (Å²) in [6, 6.07) is 8.29. The van der Waals surface area contributed by atoms with Crippen LogP contribution in [0.3, 0.4) is 0 Å². The molecule has 1 heterocycles. The number of hydrogen-bond donors (Lipinski definition) is 1. The van der Waals surface area contributed by atoms with E-state index in [1.165, 1.54) is 6.07 Å². The first-order valence-electron chi connectivity index (χ1n) is 7.30. The summed E-state index contributed by atoms with van der Waals surface area (Å²) in [5.74, 6) is -0.651. The summed E-state index contributed by atoms with van der Waals surface area (Å²) in [6.45, 7) is 5.87. The molecule has 0 saturated heterocycles. The standard InChI is InChI=1S/C18H15Cl2NO3/c1-18(2,3)13-8-14-15(7-12(13)17(22)23)24-16(21-14)9-4-10(19)6-11(20)5-9/h4-8H,1-3H3,(H,22,23). The Morgan fingerprint density at radius 1 is 1.08 bits per heavy atom. The van der Waals surface area contributed by atoms with Gasteiger partial charge in [-0.05, 0) is 41.3 Å². The third-order valence-electron chi connectivity index (χ3n) is 3.68. The van der Waals surface area contributed by atoms with Gasteiger partial charge in [0, 0.05) is 15.6 Å². The zero-order valence-electron chi connectivity index (χ0n) is 13.4. The number of rotatable bonds is 2. The highest BCUT2D eigenvalue weighted by Crippen LogP contribution is 2.33. The summed E-state index contributed by atoms with van der Waals surface area (Å²) in [5.41, 5.74) is 2.22. The summed E-state index contributed by atoms with van der Waals surface area (Å²) < 4.78 is 5.73. The van der Waals surface area contributed by atoms with Gasteiger partial charge in [0.25, 0.3) is 0 Å². The molecule has 0 spiro atoms. The van der Waals surface area contributed by atoms with Crippen LogP contribution in [0.2, 0.25) is 10.0 Å². The first-order valence-corrected chi connectivity index (χ1v) is 8.05. The largest absolute Gasteiger partial charge is 0.478 e. The number of carboxylic acids is 1. The fourth-order valence-corrected chi connectivity index (χ4v) is 3.10. The van der Waals surface area contributed by atoms with Crippen LogP contribution in [0.25, 0.3) is 22.6 Å². The second-order valence-corrected chi connectivity index (χ2v) is 7.47. The predicted molar refractivity (Wildman–Crippen MR) is 95.1 cm³/mol. The summed E-state index contributed by atoms with van der Waals surface area (Å²) >= 11 is 12.0. The molecule has 0 aliphatic carbocycles. The second kappa shape index (κ2) is 5.80. The van der Waals surface area contributed by atoms with Gasteiger partial charge in [-0.25, -0.2) is 9.78 Å². The lowest BCUT2D eigenvalue weighted by atomic mass is 9.83. The normalized spacial score (nSPS) is 11.9. The van der Waals surface area contributed by atoms with Crippen molar-refractivity contribution in [1.82, 2.24) is 4.98 Å². The van der Waals surface area contributed by atoms with E-state index in [4.69, 9.17) is 27.6 Å². The van der Waals surface area contributed by atoms with E-state index in [0.29, 0.717) is 38.2 Å². The second-order valence-electron chi connectivity index (χ2n) is 6.60. The maximum absolute atomic E-state index is 11.6. The monoisotopic (exact) mass is 363 g/mol. The van der Waals surface area contributed by atoms with Gasteiger partial charge in [-0.3, -0.25) is 0 Å². The molecule has 0 saturated carbocycles. The van der Waals surface area contributed by atoms with Gasteiger partial charge in [0.05, 0.1) is 5.56 Å². The molecule has 0 radical (unpaired) electrons. The average molecular weight is 364 g/mol. The number of oxazole rings is 1. The zero-order valence-corrected chi connectivity index (χ0v) is 14.9. The van der Waals surface area contributed by atoms with Crippen molar-refractivity contribution in [3.63, 3.8) is 0 Å². The molecule has 124 valence electrons. The zero-order chi connectivity index (χ0) is 17.6. The molecule has 4 nitrogen and oxygen atoms in total. The predicted octanol–water partition coefficient (Wildman–Crippen LogP) is 5.80. The van der Waals surface area contributed by atoms with Gasteiger partial charge in [-0.15, -0.1) is 0 Å². The fraction of sp³-hybridized carbons (Fsp3) is 0.222. The molecule has 0 fully saturated rings. The molecule has 1 N–H and O–H groups in total. The number of carbonyl (C=O) groups is 1. The summed E-state index contributed by atoms with van der Waals surface area (Å²) in [5, 5.41) is 10.4. The van der Waals surface area contributed by atoms with Crippen LogP contribution in [-0.2, 0) is 5.41 Å². The van der Waals surface area contributed by atoms with Crippen LogP contribution >= 0.6 is 23.2 Å². The first-order chi connectivity index (χ1) is 11.1. The van der Waals surface area contributed by atoms with Crippen LogP contribution in [0.4, 0.5) is 0 Å². The van der Waals surface area contributed by atoms with Crippen molar-refractivity contribution in [2.75, 3.05) is 0 Å². The SMILES string of the molecule is CC(C)(C)c1cc2nc(-c3cc(Cl)cc(Cl)c3)oc2cc1C(=O)O. The summed E-state index contributed by atoms with van der Waals surface area (Å²) in [7, 11) is 0. The molecule has 0 unspecified atom stereocenters. The maximum Gasteiger partial charge on any atom is 0.336 e. The molecular formula is C18H15Cl2NO3. The van der Waals surface area contributed by atoms with Crippen LogP contribution < -0.4 is 0 Å². The van der Waals surface area contributed by atoms with Crippen molar-refractivity contribution in [3.8, 4) is 11.5 Å². The van der Waals surface area contributed by atoms with Crippen molar-refractivity contribution in [3.05, 3.63) is 51.5 Å². The van der Waals surface area contributed by atoms with Crippen molar-refractivity contribution < 1.29 is 14.3 Å². The number of benzene rings is 2. The van der Waals surface area contributed by atoms with E-state index in [0.717, 1.165) is 0 Å². The van der Waals surface area contributed by atoms with Crippen molar-refractivity contribution >= 4 is 40.3 Å². The van der Waals surface area contributed by atoms with Gasteiger partial charge in [0.2, 0.25) is 5.89 Å². The van der Waals surface area contributed by atoms with E-state index in [2.05, 4.69) is 4.98 Å². The molecule has 24 heavy (non-hydrogen) atoms. The Bertz CT molecular complexity index is 935. The maximum atomic E-state index is 11.6. The number of hydrogen-bond acceptors (Lipinski definition) is 3. The van der Waals surface area contributed by atoms with Gasteiger partial charge >= 0.3 is 5.97 Å². The Morgan fingerprint density at radius 2 is 1.71 bits per heavy atom. The van der Waals surface area contributed by atoms with Gasteiger partial charge in [0.1, 0.15) is 5.52 Å². The lowest BCUT2D eigenvalue weighted by molar-refractivity contribution is 0.0694. The lowest BCUT2D eigenvalue weighted by Crippen LogP contribution is -2.16. The first kappa shape index (κ1) is 16.8. The minimum Gasteiger partial charge on any atom is -0.478 e. The van der Waals surface area contributed by atoms with Crippen LogP contribution in [0.5, 0.6) is 0 Å². The highest BCUT2D eigenvalue weighted by atomic mass is 35.5. The molecule has 0 aliphatic heterocycles. The topological polar surface area (TPSA) is 63.3 Å². The Morgan fingerprint density at radius 3 is 2.25 bits per heavy atom. The van der Waals surface area contributed by atoms with E-state index < -0.39 is 5.97 Å². The molecular weight excluding hydrogens is 349 g/mol. The van der Waals surface area contributed by atoms with Crippen LogP contribution in [-0.4, -0.2) is 16.1 Å². The van der Waals surface area contributed by atoms with Gasteiger partial charge in [0.15, 0.2) is 5.58 Å². The van der Waals surface area contributed by atoms with Gasteiger partial charge in [-0.2, -0.15) is 0 Å². The molecule has 0 amide bonds. The minimum absolute atomic E-state index is 0.210. The molecule has 3 rings (SSSR count). The van der Waals surface area contributed by atoms with E-state index >= 15 is 0 Å². The fourth-order valence-electron chi connectivity index (χ4n) is 2.57. The van der Waals surface area contributed by atoms with Gasteiger partial charge in [-0.1, -0.05) is 44.0 Å². The van der Waals surface area contributed by atoms with E-state index in [1.54, 1.807) is 24.3 Å². The third-order valence-corrected chi connectivity index (χ3v) is 4.11. The van der Waals surface area contributed by atoms with Gasteiger partial charge < -0.3 is 9.52 Å². The average Bonchev–Trinajstić information content (AvgIpc) is 2.86. The summed E-state index contributed by atoms with van der Waals surface area (Å²) in [6.07, 6.45) is 0. The number of fused-ring (bicyclic) bond motifs is 1. The minimum atomic E-state index is -0.995. The molecule has 0 atom stereocenters. The van der Waals surface area contributed by atoms with Crippen LogP contribution in [0, 0.1) is 0 Å². The quantitative estimate of drug-likeness (QED) is 0.624. The lowest BCUT2D eigenvalue weighted by Gasteiger charge is -2.21. The summed E-state index contributed by atoms with van der Waals surface area (Å²) in [4.78, 5) is 16.0. The Balaban J connectivity index is 2.23. The van der Waals surface area contributed by atoms with Crippen LogP contribution in [0.15, 0.2) is 34.7 Å². The highest BCUT2D eigenvalue weighted by Gasteiger charge is 2.24. The van der Waals surface area contributed by atoms with E-state index in [-0.39, 0.29) is 11.0 Å². The van der Waals surface area contributed by atoms with Crippen LogP contribution in [0.1, 0.15) is 36.7 Å². The highest BCUT2D eigenvalue weighted by molar-refractivity contribution is 6.35. The molecule has 6 heteroatoms.